The van der Waals surface area contributed by atoms with Gasteiger partial charge in [-0.1, -0.05) is 11.6 Å². The van der Waals surface area contributed by atoms with E-state index in [-0.39, 0.29) is 11.5 Å². The van der Waals surface area contributed by atoms with Crippen molar-refractivity contribution >= 4 is 34.8 Å². The zero-order valence-electron chi connectivity index (χ0n) is 15.7. The van der Waals surface area contributed by atoms with Crippen molar-refractivity contribution in [3.8, 4) is 11.5 Å². The van der Waals surface area contributed by atoms with Crippen molar-refractivity contribution in [3.63, 3.8) is 0 Å². The molecule has 0 aliphatic rings. The number of methoxy groups -OCH3 is 2. The summed E-state index contributed by atoms with van der Waals surface area (Å²) in [6.45, 7) is 0. The van der Waals surface area contributed by atoms with Crippen LogP contribution >= 0.6 is 11.6 Å². The number of benzene rings is 2. The predicted molar refractivity (Wildman–Crippen MR) is 111 cm³/mol. The summed E-state index contributed by atoms with van der Waals surface area (Å²) in [4.78, 5) is 29.2. The molecule has 8 heteroatoms. The zero-order valence-corrected chi connectivity index (χ0v) is 16.5. The molecule has 0 saturated carbocycles. The second kappa shape index (κ2) is 9.07. The number of aromatic nitrogens is 1. The molecular formula is C21H18ClN3O4. The fourth-order valence-corrected chi connectivity index (χ4v) is 2.87. The molecule has 2 aromatic carbocycles. The summed E-state index contributed by atoms with van der Waals surface area (Å²) < 4.78 is 10.4. The van der Waals surface area contributed by atoms with Crippen LogP contribution < -0.4 is 20.1 Å². The van der Waals surface area contributed by atoms with Gasteiger partial charge in [0.15, 0.2) is 0 Å². The molecule has 1 aromatic heterocycles. The Morgan fingerprint density at radius 3 is 2.28 bits per heavy atom. The quantitative estimate of drug-likeness (QED) is 0.632. The van der Waals surface area contributed by atoms with E-state index in [0.717, 1.165) is 0 Å². The maximum atomic E-state index is 12.7. The molecule has 3 aromatic rings. The van der Waals surface area contributed by atoms with Crippen molar-refractivity contribution < 1.29 is 19.1 Å². The number of carbonyl (C=O) groups is 2. The van der Waals surface area contributed by atoms with Crippen molar-refractivity contribution in [1.82, 2.24) is 4.98 Å². The lowest BCUT2D eigenvalue weighted by molar-refractivity contribution is 0.101. The molecule has 0 atom stereocenters. The van der Waals surface area contributed by atoms with E-state index in [1.165, 1.54) is 32.5 Å². The summed E-state index contributed by atoms with van der Waals surface area (Å²) in [5.74, 6) is 0.0793. The fourth-order valence-electron chi connectivity index (χ4n) is 2.61. The van der Waals surface area contributed by atoms with Crippen LogP contribution in [0.15, 0.2) is 60.9 Å². The molecule has 29 heavy (non-hydrogen) atoms. The maximum Gasteiger partial charge on any atom is 0.259 e. The predicted octanol–water partition coefficient (Wildman–Crippen LogP) is 4.26. The van der Waals surface area contributed by atoms with Crippen molar-refractivity contribution in [2.45, 2.75) is 0 Å². The van der Waals surface area contributed by atoms with Gasteiger partial charge in [-0.25, -0.2) is 0 Å². The normalized spacial score (nSPS) is 10.2. The summed E-state index contributed by atoms with van der Waals surface area (Å²) in [7, 11) is 2.96. The van der Waals surface area contributed by atoms with Gasteiger partial charge < -0.3 is 20.1 Å². The standard InChI is InChI=1S/C21H18ClN3O4/c1-28-18-8-6-14(11-16(18)21(27)25-15-4-3-9-23-12-15)24-20(26)13-5-7-19(29-2)17(22)10-13/h3-12H,1-2H3,(H,24,26)(H,25,27). The number of carbonyl (C=O) groups excluding carboxylic acids is 2. The third kappa shape index (κ3) is 4.83. The first kappa shape index (κ1) is 20.2. The van der Waals surface area contributed by atoms with E-state index >= 15 is 0 Å². The molecule has 0 radical (unpaired) electrons. The number of hydrogen-bond donors (Lipinski definition) is 2. The van der Waals surface area contributed by atoms with Gasteiger partial charge in [0.2, 0.25) is 0 Å². The van der Waals surface area contributed by atoms with Crippen LogP contribution in [0.4, 0.5) is 11.4 Å². The number of anilines is 2. The molecule has 148 valence electrons. The Morgan fingerprint density at radius 2 is 1.62 bits per heavy atom. The number of hydrogen-bond acceptors (Lipinski definition) is 5. The number of amides is 2. The van der Waals surface area contributed by atoms with Crippen LogP contribution in [0.2, 0.25) is 5.02 Å². The van der Waals surface area contributed by atoms with Gasteiger partial charge in [-0.15, -0.1) is 0 Å². The molecule has 0 spiro atoms. The van der Waals surface area contributed by atoms with Crippen LogP contribution in [0, 0.1) is 0 Å². The van der Waals surface area contributed by atoms with E-state index in [4.69, 9.17) is 21.1 Å². The van der Waals surface area contributed by atoms with Crippen LogP contribution in [0.5, 0.6) is 11.5 Å². The first-order valence-corrected chi connectivity index (χ1v) is 8.94. The lowest BCUT2D eigenvalue weighted by atomic mass is 10.1. The van der Waals surface area contributed by atoms with Gasteiger partial charge in [0.05, 0.1) is 36.7 Å². The monoisotopic (exact) mass is 411 g/mol. The molecule has 0 bridgehead atoms. The smallest absolute Gasteiger partial charge is 0.259 e. The molecule has 7 nitrogen and oxygen atoms in total. The number of ether oxygens (including phenoxy) is 2. The Labute approximate surface area is 172 Å². The van der Waals surface area contributed by atoms with E-state index in [2.05, 4.69) is 15.6 Å². The highest BCUT2D eigenvalue weighted by Gasteiger charge is 2.16. The summed E-state index contributed by atoms with van der Waals surface area (Å²) in [6, 6.07) is 12.9. The minimum absolute atomic E-state index is 0.266. The van der Waals surface area contributed by atoms with Gasteiger partial charge in [-0.2, -0.15) is 0 Å². The molecule has 2 amide bonds. The van der Waals surface area contributed by atoms with E-state index in [1.807, 2.05) is 0 Å². The zero-order chi connectivity index (χ0) is 20.8. The lowest BCUT2D eigenvalue weighted by Crippen LogP contribution is -2.16. The number of nitrogens with zero attached hydrogens (tertiary/aromatic N) is 1. The molecule has 0 saturated heterocycles. The number of halogens is 1. The van der Waals surface area contributed by atoms with Crippen molar-refractivity contribution in [2.75, 3.05) is 24.9 Å². The van der Waals surface area contributed by atoms with Crippen LogP contribution in [-0.2, 0) is 0 Å². The average molecular weight is 412 g/mol. The molecule has 0 aliphatic heterocycles. The Balaban J connectivity index is 1.81. The third-order valence-electron chi connectivity index (χ3n) is 4.04. The molecule has 3 rings (SSSR count). The van der Waals surface area contributed by atoms with Gasteiger partial charge in [0, 0.05) is 17.4 Å². The first-order valence-electron chi connectivity index (χ1n) is 8.56. The van der Waals surface area contributed by atoms with Gasteiger partial charge in [0.25, 0.3) is 11.8 Å². The molecule has 1 heterocycles. The Hall–Kier alpha value is -3.58. The fraction of sp³-hybridized carbons (Fsp3) is 0.0952. The first-order chi connectivity index (χ1) is 14.0. The average Bonchev–Trinajstić information content (AvgIpc) is 2.74. The molecule has 2 N–H and O–H groups in total. The summed E-state index contributed by atoms with van der Waals surface area (Å²) in [5, 5.41) is 5.81. The number of rotatable bonds is 6. The van der Waals surface area contributed by atoms with Gasteiger partial charge in [-0.3, -0.25) is 14.6 Å². The summed E-state index contributed by atoms with van der Waals surface area (Å²) in [5.41, 5.74) is 1.59. The summed E-state index contributed by atoms with van der Waals surface area (Å²) >= 11 is 6.08. The Morgan fingerprint density at radius 1 is 0.897 bits per heavy atom. The minimum atomic E-state index is -0.390. The van der Waals surface area contributed by atoms with Crippen LogP contribution in [0.25, 0.3) is 0 Å². The van der Waals surface area contributed by atoms with Crippen LogP contribution in [-0.4, -0.2) is 31.0 Å². The lowest BCUT2D eigenvalue weighted by Gasteiger charge is -2.12. The summed E-state index contributed by atoms with van der Waals surface area (Å²) in [6.07, 6.45) is 3.14. The highest BCUT2D eigenvalue weighted by Crippen LogP contribution is 2.27. The van der Waals surface area contributed by atoms with Crippen molar-refractivity contribution in [3.05, 3.63) is 77.1 Å². The SMILES string of the molecule is COc1ccc(C(=O)Nc2ccc(OC)c(C(=O)Nc3cccnc3)c2)cc1Cl. The highest BCUT2D eigenvalue weighted by molar-refractivity contribution is 6.32. The van der Waals surface area contributed by atoms with Gasteiger partial charge >= 0.3 is 0 Å². The number of pyridine rings is 1. The van der Waals surface area contributed by atoms with Crippen molar-refractivity contribution in [2.24, 2.45) is 0 Å². The van der Waals surface area contributed by atoms with E-state index < -0.39 is 5.91 Å². The van der Waals surface area contributed by atoms with Crippen LogP contribution in [0.1, 0.15) is 20.7 Å². The van der Waals surface area contributed by atoms with Gasteiger partial charge in [0.1, 0.15) is 11.5 Å². The maximum absolute atomic E-state index is 12.7. The largest absolute Gasteiger partial charge is 0.496 e. The molecular weight excluding hydrogens is 394 g/mol. The topological polar surface area (TPSA) is 89.5 Å². The van der Waals surface area contributed by atoms with Gasteiger partial charge in [-0.05, 0) is 48.5 Å². The van der Waals surface area contributed by atoms with E-state index in [1.54, 1.807) is 42.6 Å². The van der Waals surface area contributed by atoms with E-state index in [0.29, 0.717) is 33.5 Å². The number of nitrogens with one attached hydrogen (secondary N) is 2. The second-order valence-electron chi connectivity index (χ2n) is 5.91. The van der Waals surface area contributed by atoms with Crippen molar-refractivity contribution in [1.29, 1.82) is 0 Å². The van der Waals surface area contributed by atoms with E-state index in [9.17, 15) is 9.59 Å². The Bertz CT molecular complexity index is 1040. The minimum Gasteiger partial charge on any atom is -0.496 e. The second-order valence-corrected chi connectivity index (χ2v) is 6.32. The highest BCUT2D eigenvalue weighted by atomic mass is 35.5. The van der Waals surface area contributed by atoms with Crippen LogP contribution in [0.3, 0.4) is 0 Å². The Kier molecular flexibility index (Phi) is 6.31. The molecule has 0 unspecified atom stereocenters. The third-order valence-corrected chi connectivity index (χ3v) is 4.33. The molecule has 0 fully saturated rings. The molecule has 0 aliphatic carbocycles.